The van der Waals surface area contributed by atoms with Gasteiger partial charge in [0.25, 0.3) is 5.91 Å². The molecule has 0 radical (unpaired) electrons. The van der Waals surface area contributed by atoms with Gasteiger partial charge < -0.3 is 14.7 Å². The van der Waals surface area contributed by atoms with E-state index in [-0.39, 0.29) is 11.8 Å². The molecule has 2 amide bonds. The average Bonchev–Trinajstić information content (AvgIpc) is 3.44. The van der Waals surface area contributed by atoms with Gasteiger partial charge in [-0.1, -0.05) is 66.7 Å². The van der Waals surface area contributed by atoms with Crippen molar-refractivity contribution < 1.29 is 14.1 Å². The fourth-order valence-electron chi connectivity index (χ4n) is 4.83. The zero-order valence-corrected chi connectivity index (χ0v) is 19.6. The number of aromatic nitrogens is 1. The van der Waals surface area contributed by atoms with Crippen molar-refractivity contribution in [2.75, 3.05) is 19.6 Å². The number of carbonyl (C=O) groups excluding carboxylic acids is 2. The first-order valence-electron chi connectivity index (χ1n) is 11.6. The summed E-state index contributed by atoms with van der Waals surface area (Å²) in [7, 11) is 0. The SMILES string of the molecule is CCNC(=O)C1(Cc2ccccc2-c2ccccc2)CCN(C(=O)c2c(CC)noc2C)C1. The molecule has 1 saturated heterocycles. The number of likely N-dealkylation sites (tertiary alicyclic amines) is 1. The van der Waals surface area contributed by atoms with Gasteiger partial charge >= 0.3 is 0 Å². The molecule has 2 aromatic carbocycles. The Labute approximate surface area is 195 Å². The molecule has 1 aromatic heterocycles. The van der Waals surface area contributed by atoms with Gasteiger partial charge in [0.2, 0.25) is 5.91 Å². The highest BCUT2D eigenvalue weighted by atomic mass is 16.5. The molecule has 0 saturated carbocycles. The summed E-state index contributed by atoms with van der Waals surface area (Å²) < 4.78 is 5.29. The topological polar surface area (TPSA) is 75.4 Å². The molecule has 1 fully saturated rings. The third-order valence-electron chi connectivity index (χ3n) is 6.57. The molecule has 0 spiro atoms. The Morgan fingerprint density at radius 1 is 1.09 bits per heavy atom. The molecule has 1 unspecified atom stereocenters. The molecule has 3 aromatic rings. The van der Waals surface area contributed by atoms with Gasteiger partial charge in [0.15, 0.2) is 0 Å². The van der Waals surface area contributed by atoms with Crippen molar-refractivity contribution in [3.8, 4) is 11.1 Å². The van der Waals surface area contributed by atoms with Crippen molar-refractivity contribution in [3.63, 3.8) is 0 Å². The third kappa shape index (κ3) is 4.42. The Morgan fingerprint density at radius 3 is 2.55 bits per heavy atom. The first kappa shape index (κ1) is 22.8. The minimum atomic E-state index is -0.687. The van der Waals surface area contributed by atoms with E-state index in [0.29, 0.717) is 55.9 Å². The van der Waals surface area contributed by atoms with Crippen molar-refractivity contribution in [3.05, 3.63) is 77.2 Å². The quantitative estimate of drug-likeness (QED) is 0.584. The molecular formula is C27H31N3O3. The molecule has 1 aliphatic heterocycles. The van der Waals surface area contributed by atoms with Crippen LogP contribution in [-0.4, -0.2) is 41.5 Å². The van der Waals surface area contributed by atoms with Crippen LogP contribution >= 0.6 is 0 Å². The van der Waals surface area contributed by atoms with Crippen LogP contribution in [0.5, 0.6) is 0 Å². The lowest BCUT2D eigenvalue weighted by molar-refractivity contribution is -0.130. The Balaban J connectivity index is 1.66. The van der Waals surface area contributed by atoms with Crippen LogP contribution in [0.2, 0.25) is 0 Å². The Morgan fingerprint density at radius 2 is 1.82 bits per heavy atom. The number of aryl methyl sites for hydroxylation is 2. The molecule has 0 bridgehead atoms. The molecule has 1 N–H and O–H groups in total. The van der Waals surface area contributed by atoms with Crippen LogP contribution < -0.4 is 5.32 Å². The first-order chi connectivity index (χ1) is 16.0. The highest BCUT2D eigenvalue weighted by Gasteiger charge is 2.46. The van der Waals surface area contributed by atoms with E-state index < -0.39 is 5.41 Å². The molecule has 2 heterocycles. The number of hydrogen-bond donors (Lipinski definition) is 1. The van der Waals surface area contributed by atoms with Crippen LogP contribution in [0, 0.1) is 12.3 Å². The average molecular weight is 446 g/mol. The van der Waals surface area contributed by atoms with Gasteiger partial charge in [0.1, 0.15) is 11.3 Å². The van der Waals surface area contributed by atoms with Crippen molar-refractivity contribution in [1.82, 2.24) is 15.4 Å². The fourth-order valence-corrected chi connectivity index (χ4v) is 4.83. The number of hydrogen-bond acceptors (Lipinski definition) is 4. The lowest BCUT2D eigenvalue weighted by Crippen LogP contribution is -2.45. The summed E-state index contributed by atoms with van der Waals surface area (Å²) in [6, 6.07) is 18.4. The van der Waals surface area contributed by atoms with E-state index in [1.807, 2.05) is 44.2 Å². The number of benzene rings is 2. The van der Waals surface area contributed by atoms with E-state index in [0.717, 1.165) is 16.7 Å². The Bertz CT molecular complexity index is 1140. The number of rotatable bonds is 7. The first-order valence-corrected chi connectivity index (χ1v) is 11.6. The largest absolute Gasteiger partial charge is 0.361 e. The molecule has 1 atom stereocenters. The normalized spacial score (nSPS) is 17.8. The second kappa shape index (κ2) is 9.61. The summed E-state index contributed by atoms with van der Waals surface area (Å²) in [5, 5.41) is 7.07. The molecule has 4 rings (SSSR count). The summed E-state index contributed by atoms with van der Waals surface area (Å²) in [6.45, 7) is 7.10. The summed E-state index contributed by atoms with van der Waals surface area (Å²) in [5.41, 5.74) is 3.87. The van der Waals surface area contributed by atoms with Gasteiger partial charge in [-0.3, -0.25) is 9.59 Å². The minimum absolute atomic E-state index is 0.000852. The van der Waals surface area contributed by atoms with E-state index in [4.69, 9.17) is 4.52 Å². The predicted molar refractivity (Wildman–Crippen MR) is 128 cm³/mol. The fraction of sp³-hybridized carbons (Fsp3) is 0.370. The highest BCUT2D eigenvalue weighted by molar-refractivity contribution is 5.97. The van der Waals surface area contributed by atoms with Gasteiger partial charge in [-0.05, 0) is 49.8 Å². The standard InChI is InChI=1S/C27H31N3O3/c1-4-23-24(19(3)33-29-23)25(31)30-16-15-27(18-30,26(32)28-5-2)17-21-13-9-10-14-22(21)20-11-7-6-8-12-20/h6-14H,4-5,15-18H2,1-3H3,(H,28,32). The Kier molecular flexibility index (Phi) is 6.63. The predicted octanol–water partition coefficient (Wildman–Crippen LogP) is 4.42. The van der Waals surface area contributed by atoms with E-state index in [9.17, 15) is 9.59 Å². The molecule has 6 heteroatoms. The molecule has 0 aliphatic carbocycles. The minimum Gasteiger partial charge on any atom is -0.361 e. The summed E-state index contributed by atoms with van der Waals surface area (Å²) in [5.74, 6) is 0.427. The second-order valence-corrected chi connectivity index (χ2v) is 8.73. The van der Waals surface area contributed by atoms with Gasteiger partial charge in [-0.25, -0.2) is 0 Å². The van der Waals surface area contributed by atoms with Crippen LogP contribution in [0.3, 0.4) is 0 Å². The zero-order valence-electron chi connectivity index (χ0n) is 19.6. The van der Waals surface area contributed by atoms with Crippen LogP contribution in [0.4, 0.5) is 0 Å². The van der Waals surface area contributed by atoms with Crippen molar-refractivity contribution in [2.24, 2.45) is 5.41 Å². The van der Waals surface area contributed by atoms with Gasteiger partial charge in [0, 0.05) is 19.6 Å². The second-order valence-electron chi connectivity index (χ2n) is 8.73. The lowest BCUT2D eigenvalue weighted by atomic mass is 9.78. The number of amides is 2. The maximum absolute atomic E-state index is 13.4. The summed E-state index contributed by atoms with van der Waals surface area (Å²) in [4.78, 5) is 28.6. The number of nitrogens with zero attached hydrogens (tertiary/aromatic N) is 2. The van der Waals surface area contributed by atoms with E-state index in [2.05, 4.69) is 34.7 Å². The smallest absolute Gasteiger partial charge is 0.259 e. The maximum atomic E-state index is 13.4. The van der Waals surface area contributed by atoms with E-state index in [1.165, 1.54) is 0 Å². The molecule has 1 aliphatic rings. The van der Waals surface area contributed by atoms with Gasteiger partial charge in [-0.15, -0.1) is 0 Å². The highest BCUT2D eigenvalue weighted by Crippen LogP contribution is 2.38. The van der Waals surface area contributed by atoms with Crippen molar-refractivity contribution in [1.29, 1.82) is 0 Å². The molecule has 172 valence electrons. The van der Waals surface area contributed by atoms with Gasteiger partial charge in [0.05, 0.1) is 11.1 Å². The van der Waals surface area contributed by atoms with Gasteiger partial charge in [-0.2, -0.15) is 0 Å². The monoisotopic (exact) mass is 445 g/mol. The zero-order chi connectivity index (χ0) is 23.4. The lowest BCUT2D eigenvalue weighted by Gasteiger charge is -2.29. The van der Waals surface area contributed by atoms with Crippen LogP contribution in [0.15, 0.2) is 59.1 Å². The van der Waals surface area contributed by atoms with E-state index >= 15 is 0 Å². The summed E-state index contributed by atoms with van der Waals surface area (Å²) >= 11 is 0. The maximum Gasteiger partial charge on any atom is 0.259 e. The van der Waals surface area contributed by atoms with Crippen LogP contribution in [0.1, 0.15) is 47.6 Å². The van der Waals surface area contributed by atoms with Crippen LogP contribution in [0.25, 0.3) is 11.1 Å². The number of carbonyl (C=O) groups is 2. The third-order valence-corrected chi connectivity index (χ3v) is 6.57. The van der Waals surface area contributed by atoms with Crippen molar-refractivity contribution in [2.45, 2.75) is 40.0 Å². The van der Waals surface area contributed by atoms with Crippen LogP contribution in [-0.2, 0) is 17.6 Å². The molecule has 33 heavy (non-hydrogen) atoms. The summed E-state index contributed by atoms with van der Waals surface area (Å²) in [6.07, 6.45) is 1.80. The van der Waals surface area contributed by atoms with E-state index in [1.54, 1.807) is 11.8 Å². The Hall–Kier alpha value is -3.41. The molecule has 6 nitrogen and oxygen atoms in total. The van der Waals surface area contributed by atoms with Crippen molar-refractivity contribution >= 4 is 11.8 Å². The number of nitrogens with one attached hydrogen (secondary N) is 1. The molecular weight excluding hydrogens is 414 g/mol.